The Balaban J connectivity index is 2.63. The summed E-state index contributed by atoms with van der Waals surface area (Å²) in [5.41, 5.74) is 0. The first-order valence-corrected chi connectivity index (χ1v) is 6.43. The molecule has 1 N–H and O–H groups in total. The average Bonchev–Trinajstić information content (AvgIpc) is 2.66. The van der Waals surface area contributed by atoms with E-state index < -0.39 is 0 Å². The van der Waals surface area contributed by atoms with Crippen LogP contribution in [-0.4, -0.2) is 6.04 Å². The van der Waals surface area contributed by atoms with Gasteiger partial charge in [0.25, 0.3) is 0 Å². The lowest BCUT2D eigenvalue weighted by Crippen LogP contribution is -2.32. The van der Waals surface area contributed by atoms with Gasteiger partial charge in [0.15, 0.2) is 0 Å². The number of hydrogen-bond acceptors (Lipinski definition) is 2. The van der Waals surface area contributed by atoms with Gasteiger partial charge in [-0.25, -0.2) is 0 Å². The van der Waals surface area contributed by atoms with Gasteiger partial charge in [0.2, 0.25) is 0 Å². The van der Waals surface area contributed by atoms with Crippen LogP contribution in [0.25, 0.3) is 0 Å². The lowest BCUT2D eigenvalue weighted by Gasteiger charge is -2.25. The zero-order valence-corrected chi connectivity index (χ0v) is 10.7. The van der Waals surface area contributed by atoms with Crippen molar-refractivity contribution in [2.75, 3.05) is 0 Å². The van der Waals surface area contributed by atoms with Crippen LogP contribution in [0.1, 0.15) is 38.1 Å². The highest BCUT2D eigenvalue weighted by Gasteiger charge is 2.17. The minimum Gasteiger partial charge on any atom is -0.306 e. The lowest BCUT2D eigenvalue weighted by molar-refractivity contribution is 0.375. The van der Waals surface area contributed by atoms with E-state index in [4.69, 9.17) is 0 Å². The average molecular weight is 223 g/mol. The number of thiophene rings is 1. The van der Waals surface area contributed by atoms with Crippen molar-refractivity contribution in [1.29, 1.82) is 0 Å². The molecule has 0 saturated carbocycles. The van der Waals surface area contributed by atoms with Crippen LogP contribution in [0.2, 0.25) is 0 Å². The molecule has 1 aromatic rings. The Hall–Kier alpha value is -0.600. The fourth-order valence-electron chi connectivity index (χ4n) is 1.70. The number of hydrogen-bond donors (Lipinski definition) is 1. The van der Waals surface area contributed by atoms with Gasteiger partial charge in [-0.2, -0.15) is 0 Å². The van der Waals surface area contributed by atoms with Gasteiger partial charge in [0.1, 0.15) is 0 Å². The van der Waals surface area contributed by atoms with Crippen molar-refractivity contribution in [2.24, 2.45) is 5.92 Å². The standard InChI is InChI=1S/C13H21NS/c1-5-7-11(4)14-13(10(2)3)12-8-6-9-15-12/h5-6,8-11,13-14H,1,7H2,2-4H3. The molecule has 0 fully saturated rings. The predicted molar refractivity (Wildman–Crippen MR) is 69.3 cm³/mol. The molecule has 1 rings (SSSR count). The van der Waals surface area contributed by atoms with Crippen molar-refractivity contribution in [3.63, 3.8) is 0 Å². The molecule has 84 valence electrons. The molecule has 2 atom stereocenters. The van der Waals surface area contributed by atoms with Gasteiger partial charge in [0, 0.05) is 17.0 Å². The van der Waals surface area contributed by atoms with E-state index in [0.29, 0.717) is 18.0 Å². The molecule has 0 spiro atoms. The highest BCUT2D eigenvalue weighted by Crippen LogP contribution is 2.26. The van der Waals surface area contributed by atoms with Crippen LogP contribution in [0.15, 0.2) is 30.2 Å². The largest absolute Gasteiger partial charge is 0.306 e. The first-order chi connectivity index (χ1) is 7.15. The van der Waals surface area contributed by atoms with E-state index in [-0.39, 0.29) is 0 Å². The Morgan fingerprint density at radius 3 is 2.67 bits per heavy atom. The fraction of sp³-hybridized carbons (Fsp3) is 0.538. The van der Waals surface area contributed by atoms with Crippen molar-refractivity contribution in [3.8, 4) is 0 Å². The predicted octanol–water partition coefficient (Wildman–Crippen LogP) is 4.00. The van der Waals surface area contributed by atoms with E-state index >= 15 is 0 Å². The zero-order valence-electron chi connectivity index (χ0n) is 9.86. The second kappa shape index (κ2) is 6.09. The third-order valence-electron chi connectivity index (χ3n) is 2.50. The van der Waals surface area contributed by atoms with Gasteiger partial charge in [0.05, 0.1) is 0 Å². The molecule has 0 aliphatic rings. The molecule has 0 saturated heterocycles. The Bertz CT molecular complexity index is 277. The van der Waals surface area contributed by atoms with Gasteiger partial charge >= 0.3 is 0 Å². The molecule has 1 nitrogen and oxygen atoms in total. The summed E-state index contributed by atoms with van der Waals surface area (Å²) < 4.78 is 0. The van der Waals surface area contributed by atoms with Gasteiger partial charge in [-0.3, -0.25) is 0 Å². The number of rotatable bonds is 6. The number of nitrogens with one attached hydrogen (secondary N) is 1. The summed E-state index contributed by atoms with van der Waals surface area (Å²) in [5.74, 6) is 0.621. The molecule has 0 aliphatic carbocycles. The SMILES string of the molecule is C=CCC(C)NC(c1cccs1)C(C)C. The molecule has 0 aliphatic heterocycles. The van der Waals surface area contributed by atoms with Crippen LogP contribution in [0, 0.1) is 5.92 Å². The Labute approximate surface area is 97.2 Å². The zero-order chi connectivity index (χ0) is 11.3. The summed E-state index contributed by atoms with van der Waals surface area (Å²) in [4.78, 5) is 1.43. The van der Waals surface area contributed by atoms with E-state index in [2.05, 4.69) is 50.2 Å². The molecule has 2 unspecified atom stereocenters. The lowest BCUT2D eigenvalue weighted by atomic mass is 10.0. The molecular formula is C13H21NS. The van der Waals surface area contributed by atoms with E-state index in [1.807, 2.05) is 17.4 Å². The maximum absolute atomic E-state index is 3.78. The van der Waals surface area contributed by atoms with Gasteiger partial charge in [-0.15, -0.1) is 17.9 Å². The van der Waals surface area contributed by atoms with Crippen molar-refractivity contribution in [2.45, 2.75) is 39.3 Å². The van der Waals surface area contributed by atoms with Crippen LogP contribution in [0.5, 0.6) is 0 Å². The summed E-state index contributed by atoms with van der Waals surface area (Å²) in [6.07, 6.45) is 3.00. The summed E-state index contributed by atoms with van der Waals surface area (Å²) in [6, 6.07) is 5.30. The molecule has 1 aromatic heterocycles. The molecule has 15 heavy (non-hydrogen) atoms. The fourth-order valence-corrected chi connectivity index (χ4v) is 2.65. The Kier molecular flexibility index (Phi) is 5.06. The molecular weight excluding hydrogens is 202 g/mol. The minimum absolute atomic E-state index is 0.472. The third-order valence-corrected chi connectivity index (χ3v) is 3.46. The second-order valence-electron chi connectivity index (χ2n) is 4.33. The molecule has 0 aromatic carbocycles. The summed E-state index contributed by atoms with van der Waals surface area (Å²) in [7, 11) is 0. The molecule has 0 amide bonds. The smallest absolute Gasteiger partial charge is 0.0440 e. The maximum Gasteiger partial charge on any atom is 0.0440 e. The van der Waals surface area contributed by atoms with Crippen molar-refractivity contribution < 1.29 is 0 Å². The first-order valence-electron chi connectivity index (χ1n) is 5.55. The van der Waals surface area contributed by atoms with Gasteiger partial charge < -0.3 is 5.32 Å². The topological polar surface area (TPSA) is 12.0 Å². The summed E-state index contributed by atoms with van der Waals surface area (Å²) in [6.45, 7) is 10.5. The third kappa shape index (κ3) is 3.80. The van der Waals surface area contributed by atoms with Crippen LogP contribution < -0.4 is 5.32 Å². The second-order valence-corrected chi connectivity index (χ2v) is 5.31. The van der Waals surface area contributed by atoms with Crippen LogP contribution in [0.3, 0.4) is 0 Å². The van der Waals surface area contributed by atoms with Crippen LogP contribution in [0.4, 0.5) is 0 Å². The molecule has 0 radical (unpaired) electrons. The molecule has 2 heteroatoms. The summed E-state index contributed by atoms with van der Waals surface area (Å²) in [5, 5.41) is 5.80. The molecule has 0 bridgehead atoms. The van der Waals surface area contributed by atoms with Crippen LogP contribution >= 0.6 is 11.3 Å². The highest BCUT2D eigenvalue weighted by atomic mass is 32.1. The Morgan fingerprint density at radius 1 is 1.47 bits per heavy atom. The van der Waals surface area contributed by atoms with E-state index in [9.17, 15) is 0 Å². The summed E-state index contributed by atoms with van der Waals surface area (Å²) >= 11 is 1.83. The molecule has 1 heterocycles. The van der Waals surface area contributed by atoms with Gasteiger partial charge in [-0.1, -0.05) is 26.0 Å². The van der Waals surface area contributed by atoms with Gasteiger partial charge in [-0.05, 0) is 30.7 Å². The van der Waals surface area contributed by atoms with E-state index in [1.54, 1.807) is 0 Å². The minimum atomic E-state index is 0.472. The van der Waals surface area contributed by atoms with Crippen molar-refractivity contribution in [1.82, 2.24) is 5.32 Å². The maximum atomic E-state index is 3.78. The Morgan fingerprint density at radius 2 is 2.20 bits per heavy atom. The quantitative estimate of drug-likeness (QED) is 0.719. The van der Waals surface area contributed by atoms with Crippen LogP contribution in [-0.2, 0) is 0 Å². The van der Waals surface area contributed by atoms with E-state index in [0.717, 1.165) is 6.42 Å². The first kappa shape index (κ1) is 12.5. The highest BCUT2D eigenvalue weighted by molar-refractivity contribution is 7.10. The monoisotopic (exact) mass is 223 g/mol. The van der Waals surface area contributed by atoms with Crippen molar-refractivity contribution >= 4 is 11.3 Å². The van der Waals surface area contributed by atoms with E-state index in [1.165, 1.54) is 4.88 Å². The van der Waals surface area contributed by atoms with Crippen molar-refractivity contribution in [3.05, 3.63) is 35.0 Å². The normalized spacial score (nSPS) is 15.2.